The standard InChI is InChI=1S/C20H22ClN3O2/c1-23(18-7-6-14-4-2-3-5-16(14)18)19-17(21)12-15(13-22-19)20(25)24-8-10-26-11-9-24/h2-5,12-13,18H,6-11H2,1H3. The van der Waals surface area contributed by atoms with Gasteiger partial charge in [-0.1, -0.05) is 35.9 Å². The molecule has 26 heavy (non-hydrogen) atoms. The normalized spacial score (nSPS) is 19.3. The minimum Gasteiger partial charge on any atom is -0.378 e. The van der Waals surface area contributed by atoms with E-state index in [0.29, 0.717) is 42.7 Å². The third-order valence-electron chi connectivity index (χ3n) is 5.27. The molecule has 136 valence electrons. The lowest BCUT2D eigenvalue weighted by atomic mass is 10.1. The summed E-state index contributed by atoms with van der Waals surface area (Å²) in [5, 5.41) is 0.510. The largest absolute Gasteiger partial charge is 0.378 e. The predicted molar refractivity (Wildman–Crippen MR) is 102 cm³/mol. The number of carbonyl (C=O) groups excluding carboxylic acids is 1. The average molecular weight is 372 g/mol. The van der Waals surface area contributed by atoms with Crippen molar-refractivity contribution in [2.45, 2.75) is 18.9 Å². The van der Waals surface area contributed by atoms with Crippen LogP contribution in [0.5, 0.6) is 0 Å². The Balaban J connectivity index is 1.55. The highest BCUT2D eigenvalue weighted by atomic mass is 35.5. The van der Waals surface area contributed by atoms with Crippen LogP contribution in [0.2, 0.25) is 5.02 Å². The number of morpholine rings is 1. The zero-order valence-electron chi connectivity index (χ0n) is 14.8. The molecule has 0 radical (unpaired) electrons. The Morgan fingerprint density at radius 3 is 2.85 bits per heavy atom. The van der Waals surface area contributed by atoms with Gasteiger partial charge in [-0.25, -0.2) is 4.98 Å². The summed E-state index contributed by atoms with van der Waals surface area (Å²) in [5.41, 5.74) is 3.25. The molecule has 5 nitrogen and oxygen atoms in total. The van der Waals surface area contributed by atoms with E-state index in [1.54, 1.807) is 17.2 Å². The summed E-state index contributed by atoms with van der Waals surface area (Å²) in [7, 11) is 2.02. The van der Waals surface area contributed by atoms with Gasteiger partial charge in [-0.05, 0) is 30.0 Å². The highest BCUT2D eigenvalue weighted by molar-refractivity contribution is 6.33. The molecule has 2 heterocycles. The van der Waals surface area contributed by atoms with Gasteiger partial charge < -0.3 is 14.5 Å². The van der Waals surface area contributed by atoms with Gasteiger partial charge in [0, 0.05) is 26.3 Å². The molecule has 1 aliphatic carbocycles. The molecule has 4 rings (SSSR count). The van der Waals surface area contributed by atoms with E-state index >= 15 is 0 Å². The van der Waals surface area contributed by atoms with Gasteiger partial charge in [0.15, 0.2) is 0 Å². The number of halogens is 1. The van der Waals surface area contributed by atoms with Crippen LogP contribution in [0.4, 0.5) is 5.82 Å². The van der Waals surface area contributed by atoms with Crippen LogP contribution < -0.4 is 4.90 Å². The maximum atomic E-state index is 12.6. The first-order valence-electron chi connectivity index (χ1n) is 8.98. The summed E-state index contributed by atoms with van der Waals surface area (Å²) in [6.07, 6.45) is 3.75. The van der Waals surface area contributed by atoms with Crippen LogP contribution in [-0.2, 0) is 11.2 Å². The fourth-order valence-electron chi connectivity index (χ4n) is 3.84. The molecule has 1 unspecified atom stereocenters. The number of carbonyl (C=O) groups is 1. The molecule has 0 saturated carbocycles. The Morgan fingerprint density at radius 1 is 1.31 bits per heavy atom. The lowest BCUT2D eigenvalue weighted by Gasteiger charge is -2.29. The van der Waals surface area contributed by atoms with Crippen molar-refractivity contribution in [1.82, 2.24) is 9.88 Å². The van der Waals surface area contributed by atoms with Gasteiger partial charge in [0.1, 0.15) is 5.82 Å². The molecule has 2 aromatic rings. The number of amides is 1. The zero-order chi connectivity index (χ0) is 18.1. The molecular weight excluding hydrogens is 350 g/mol. The van der Waals surface area contributed by atoms with Crippen molar-refractivity contribution in [3.05, 3.63) is 58.2 Å². The number of aromatic nitrogens is 1. The van der Waals surface area contributed by atoms with Gasteiger partial charge >= 0.3 is 0 Å². The van der Waals surface area contributed by atoms with E-state index < -0.39 is 0 Å². The van der Waals surface area contributed by atoms with Crippen molar-refractivity contribution in [1.29, 1.82) is 0 Å². The van der Waals surface area contributed by atoms with Gasteiger partial charge in [-0.2, -0.15) is 0 Å². The highest BCUT2D eigenvalue weighted by Gasteiger charge is 2.28. The molecule has 1 aliphatic heterocycles. The van der Waals surface area contributed by atoms with Gasteiger partial charge in [0.25, 0.3) is 5.91 Å². The van der Waals surface area contributed by atoms with Crippen LogP contribution in [0.1, 0.15) is 33.9 Å². The summed E-state index contributed by atoms with van der Waals surface area (Å²) in [6.45, 7) is 2.37. The van der Waals surface area contributed by atoms with E-state index in [0.717, 1.165) is 12.8 Å². The van der Waals surface area contributed by atoms with Crippen LogP contribution in [0.15, 0.2) is 36.5 Å². The maximum Gasteiger partial charge on any atom is 0.255 e. The van der Waals surface area contributed by atoms with E-state index in [2.05, 4.69) is 34.1 Å². The summed E-state index contributed by atoms with van der Waals surface area (Å²) in [6, 6.07) is 10.5. The van der Waals surface area contributed by atoms with E-state index in [1.165, 1.54) is 11.1 Å². The summed E-state index contributed by atoms with van der Waals surface area (Å²) >= 11 is 6.51. The van der Waals surface area contributed by atoms with Crippen LogP contribution in [0.3, 0.4) is 0 Å². The zero-order valence-corrected chi connectivity index (χ0v) is 15.6. The Kier molecular flexibility index (Phi) is 4.83. The maximum absolute atomic E-state index is 12.6. The molecule has 1 aromatic carbocycles. The smallest absolute Gasteiger partial charge is 0.255 e. The monoisotopic (exact) mass is 371 g/mol. The Labute approximate surface area is 158 Å². The number of nitrogens with zero attached hydrogens (tertiary/aromatic N) is 3. The van der Waals surface area contributed by atoms with E-state index in [9.17, 15) is 4.79 Å². The highest BCUT2D eigenvalue weighted by Crippen LogP contribution is 2.38. The first-order valence-corrected chi connectivity index (χ1v) is 9.36. The second-order valence-corrected chi connectivity index (χ2v) is 7.21. The van der Waals surface area contributed by atoms with Gasteiger partial charge in [-0.15, -0.1) is 0 Å². The fourth-order valence-corrected chi connectivity index (χ4v) is 4.14. The lowest BCUT2D eigenvalue weighted by Crippen LogP contribution is -2.40. The number of hydrogen-bond donors (Lipinski definition) is 0. The number of rotatable bonds is 3. The number of fused-ring (bicyclic) bond motifs is 1. The van der Waals surface area contributed by atoms with Crippen molar-refractivity contribution in [2.24, 2.45) is 0 Å². The molecular formula is C20H22ClN3O2. The fraction of sp³-hybridized carbons (Fsp3) is 0.400. The molecule has 1 atom stereocenters. The topological polar surface area (TPSA) is 45.7 Å². The van der Waals surface area contributed by atoms with Crippen molar-refractivity contribution in [3.63, 3.8) is 0 Å². The second-order valence-electron chi connectivity index (χ2n) is 6.80. The molecule has 1 fully saturated rings. The van der Waals surface area contributed by atoms with E-state index in [1.807, 2.05) is 7.05 Å². The number of pyridine rings is 1. The molecule has 6 heteroatoms. The summed E-state index contributed by atoms with van der Waals surface area (Å²) in [5.74, 6) is 0.676. The number of hydrogen-bond acceptors (Lipinski definition) is 4. The van der Waals surface area contributed by atoms with Crippen molar-refractivity contribution in [3.8, 4) is 0 Å². The Hall–Kier alpha value is -2.11. The second kappa shape index (κ2) is 7.25. The van der Waals surface area contributed by atoms with Crippen LogP contribution in [0.25, 0.3) is 0 Å². The third kappa shape index (κ3) is 3.17. The number of aryl methyl sites for hydroxylation is 1. The molecule has 2 aliphatic rings. The Bertz CT molecular complexity index is 820. The van der Waals surface area contributed by atoms with Crippen LogP contribution >= 0.6 is 11.6 Å². The van der Waals surface area contributed by atoms with Crippen LogP contribution in [-0.4, -0.2) is 49.1 Å². The number of anilines is 1. The number of ether oxygens (including phenoxy) is 1. The first kappa shape index (κ1) is 17.3. The quantitative estimate of drug-likeness (QED) is 0.830. The minimum atomic E-state index is -0.0388. The summed E-state index contributed by atoms with van der Waals surface area (Å²) in [4.78, 5) is 21.0. The molecule has 0 bridgehead atoms. The molecule has 0 N–H and O–H groups in total. The third-order valence-corrected chi connectivity index (χ3v) is 5.55. The SMILES string of the molecule is CN(c1ncc(C(=O)N2CCOCC2)cc1Cl)C1CCc2ccccc21. The minimum absolute atomic E-state index is 0.0388. The molecule has 1 amide bonds. The van der Waals surface area contributed by atoms with Gasteiger partial charge in [-0.3, -0.25) is 4.79 Å². The molecule has 1 aromatic heterocycles. The van der Waals surface area contributed by atoms with Crippen molar-refractivity contribution < 1.29 is 9.53 Å². The average Bonchev–Trinajstić information content (AvgIpc) is 3.11. The molecule has 1 saturated heterocycles. The van der Waals surface area contributed by atoms with Crippen LogP contribution in [0, 0.1) is 0 Å². The van der Waals surface area contributed by atoms with Gasteiger partial charge in [0.2, 0.25) is 0 Å². The Morgan fingerprint density at radius 2 is 2.08 bits per heavy atom. The van der Waals surface area contributed by atoms with Crippen molar-refractivity contribution in [2.75, 3.05) is 38.3 Å². The van der Waals surface area contributed by atoms with E-state index in [4.69, 9.17) is 16.3 Å². The number of benzene rings is 1. The predicted octanol–water partition coefficient (Wildman–Crippen LogP) is 3.33. The summed E-state index contributed by atoms with van der Waals surface area (Å²) < 4.78 is 5.30. The first-order chi connectivity index (χ1) is 12.6. The van der Waals surface area contributed by atoms with Gasteiger partial charge in [0.05, 0.1) is 29.8 Å². The van der Waals surface area contributed by atoms with Crippen molar-refractivity contribution >= 4 is 23.3 Å². The lowest BCUT2D eigenvalue weighted by molar-refractivity contribution is 0.0302. The molecule has 0 spiro atoms. The van der Waals surface area contributed by atoms with E-state index in [-0.39, 0.29) is 11.9 Å².